The van der Waals surface area contributed by atoms with Gasteiger partial charge < -0.3 is 46.2 Å². The number of hydrogen-bond acceptors (Lipinski definition) is 9. The van der Waals surface area contributed by atoms with E-state index in [2.05, 4.69) is 10.6 Å². The zero-order chi connectivity index (χ0) is 26.2. The van der Waals surface area contributed by atoms with E-state index in [0.717, 1.165) is 4.90 Å². The van der Waals surface area contributed by atoms with Crippen molar-refractivity contribution in [3.8, 4) is 0 Å². The molecule has 0 bridgehead atoms. The van der Waals surface area contributed by atoms with Crippen molar-refractivity contribution in [1.29, 1.82) is 0 Å². The number of hydrogen-bond donors (Lipinski definition) is 8. The topological polar surface area (TPSA) is 200 Å². The van der Waals surface area contributed by atoms with Crippen LogP contribution in [0.25, 0.3) is 0 Å². The first-order valence-corrected chi connectivity index (χ1v) is 11.5. The van der Waals surface area contributed by atoms with Crippen LogP contribution in [0.2, 0.25) is 0 Å². The number of carbonyl (C=O) groups is 3. The molecule has 3 amide bonds. The molecule has 3 unspecified atom stereocenters. The Kier molecular flexibility index (Phi) is 12.3. The van der Waals surface area contributed by atoms with Crippen molar-refractivity contribution in [3.63, 3.8) is 0 Å². The maximum atomic E-state index is 13.0. The molecule has 1 aromatic carbocycles. The maximum Gasteiger partial charge on any atom is 0.252 e. The summed E-state index contributed by atoms with van der Waals surface area (Å²) >= 11 is 1.84. The van der Waals surface area contributed by atoms with E-state index in [1.54, 1.807) is 6.92 Å². The molecule has 0 saturated heterocycles. The van der Waals surface area contributed by atoms with Gasteiger partial charge in [0, 0.05) is 25.6 Å². The van der Waals surface area contributed by atoms with E-state index in [1.165, 1.54) is 13.8 Å². The lowest BCUT2D eigenvalue weighted by Gasteiger charge is -2.29. The summed E-state index contributed by atoms with van der Waals surface area (Å²) in [5, 5.41) is 61.4. The molecule has 0 aliphatic carbocycles. The van der Waals surface area contributed by atoms with E-state index in [1.807, 2.05) is 22.6 Å². The zero-order valence-electron chi connectivity index (χ0n) is 19.2. The number of carbonyl (C=O) groups excluding carboxylic acids is 3. The van der Waals surface area contributed by atoms with Crippen LogP contribution in [0.4, 0.5) is 5.69 Å². The summed E-state index contributed by atoms with van der Waals surface area (Å²) in [6, 6.07) is 0. The summed E-state index contributed by atoms with van der Waals surface area (Å²) in [4.78, 5) is 39.7. The van der Waals surface area contributed by atoms with E-state index in [4.69, 9.17) is 10.2 Å². The largest absolute Gasteiger partial charge is 0.394 e. The van der Waals surface area contributed by atoms with E-state index < -0.39 is 55.9 Å². The Labute approximate surface area is 210 Å². The van der Waals surface area contributed by atoms with Crippen molar-refractivity contribution in [2.75, 3.05) is 44.4 Å². The molecule has 13 heteroatoms. The van der Waals surface area contributed by atoms with Gasteiger partial charge in [0.05, 0.1) is 59.5 Å². The van der Waals surface area contributed by atoms with Gasteiger partial charge in [-0.1, -0.05) is 0 Å². The summed E-state index contributed by atoms with van der Waals surface area (Å²) in [6.07, 6.45) is -3.69. The van der Waals surface area contributed by atoms with Gasteiger partial charge in [0.15, 0.2) is 0 Å². The Bertz CT molecular complexity index is 844. The predicted molar refractivity (Wildman–Crippen MR) is 131 cm³/mol. The molecule has 0 fully saturated rings. The molecule has 3 atom stereocenters. The summed E-state index contributed by atoms with van der Waals surface area (Å²) in [7, 11) is 0. The maximum absolute atomic E-state index is 13.0. The van der Waals surface area contributed by atoms with Crippen LogP contribution in [0.15, 0.2) is 0 Å². The van der Waals surface area contributed by atoms with Gasteiger partial charge in [-0.15, -0.1) is 0 Å². The first kappa shape index (κ1) is 30.2. The molecule has 0 heterocycles. The standard InChI is InChI=1S/C21H32IN3O9/c1-10-16(20(33)23-4-13(30)7-26)11(2)19(25(12(3)29)6-15(32)9-28)18(22)17(10)21(34)24-5-14(31)8-27/h13-15,26-28,30-32H,4-9H2,1-3H3,(H,23,33)(H,24,34). The first-order valence-electron chi connectivity index (χ1n) is 10.4. The molecule has 12 nitrogen and oxygen atoms in total. The fraction of sp³-hybridized carbons (Fsp3) is 0.571. The van der Waals surface area contributed by atoms with Gasteiger partial charge in [-0.25, -0.2) is 0 Å². The number of halogens is 1. The lowest BCUT2D eigenvalue weighted by atomic mass is 9.93. The number of anilines is 1. The number of nitrogens with zero attached hydrogens (tertiary/aromatic N) is 1. The molecule has 0 spiro atoms. The highest BCUT2D eigenvalue weighted by Gasteiger charge is 2.30. The normalized spacial score (nSPS) is 13.7. The summed E-state index contributed by atoms with van der Waals surface area (Å²) < 4.78 is 0.288. The Morgan fingerprint density at radius 2 is 1.26 bits per heavy atom. The van der Waals surface area contributed by atoms with Gasteiger partial charge in [0.25, 0.3) is 11.8 Å². The number of nitrogens with one attached hydrogen (secondary N) is 2. The molecule has 192 valence electrons. The van der Waals surface area contributed by atoms with Gasteiger partial charge in [-0.2, -0.15) is 0 Å². The highest BCUT2D eigenvalue weighted by atomic mass is 127. The van der Waals surface area contributed by atoms with E-state index in [-0.39, 0.29) is 45.6 Å². The SMILES string of the molecule is CC(=O)N(CC(O)CO)c1c(C)c(C(=O)NCC(O)CO)c(C)c(C(=O)NCC(O)CO)c1I. The molecule has 34 heavy (non-hydrogen) atoms. The fourth-order valence-electron chi connectivity index (χ4n) is 3.28. The molecule has 0 aromatic heterocycles. The average molecular weight is 597 g/mol. The van der Waals surface area contributed by atoms with Gasteiger partial charge in [0.1, 0.15) is 0 Å². The van der Waals surface area contributed by atoms with E-state index in [9.17, 15) is 34.8 Å². The van der Waals surface area contributed by atoms with Gasteiger partial charge in [0.2, 0.25) is 5.91 Å². The van der Waals surface area contributed by atoms with Crippen molar-refractivity contribution in [2.45, 2.75) is 39.1 Å². The number of aliphatic hydroxyl groups excluding tert-OH is 6. The predicted octanol–water partition coefficient (Wildman–Crippen LogP) is -2.22. The van der Waals surface area contributed by atoms with Crippen LogP contribution in [0, 0.1) is 17.4 Å². The molecule has 0 aliphatic rings. The minimum atomic E-state index is -1.28. The second-order valence-corrected chi connectivity index (χ2v) is 8.80. The number of amides is 3. The summed E-state index contributed by atoms with van der Waals surface area (Å²) in [5.41, 5.74) is 0.808. The third-order valence-corrected chi connectivity index (χ3v) is 6.08. The third kappa shape index (κ3) is 7.56. The highest BCUT2D eigenvalue weighted by molar-refractivity contribution is 14.1. The van der Waals surface area contributed by atoms with Crippen LogP contribution in [0.3, 0.4) is 0 Å². The van der Waals surface area contributed by atoms with Crippen LogP contribution < -0.4 is 15.5 Å². The van der Waals surface area contributed by atoms with Crippen LogP contribution in [0.5, 0.6) is 0 Å². The summed E-state index contributed by atoms with van der Waals surface area (Å²) in [6.45, 7) is 1.70. The van der Waals surface area contributed by atoms with Crippen LogP contribution in [-0.4, -0.2) is 106 Å². The van der Waals surface area contributed by atoms with Gasteiger partial charge >= 0.3 is 0 Å². The minimum Gasteiger partial charge on any atom is -0.394 e. The molecule has 0 radical (unpaired) electrons. The van der Waals surface area contributed by atoms with Crippen molar-refractivity contribution in [3.05, 3.63) is 25.8 Å². The second kappa shape index (κ2) is 13.9. The first-order chi connectivity index (χ1) is 15.9. The molecule has 0 saturated carbocycles. The number of rotatable bonds is 12. The molecular weight excluding hydrogens is 565 g/mol. The Hall–Kier alpha value is -1.88. The Morgan fingerprint density at radius 3 is 1.68 bits per heavy atom. The quantitative estimate of drug-likeness (QED) is 0.123. The van der Waals surface area contributed by atoms with Gasteiger partial charge in [-0.05, 0) is 47.6 Å². The molecule has 1 aromatic rings. The third-order valence-electron chi connectivity index (χ3n) is 5.03. The molecule has 1 rings (SSSR count). The minimum absolute atomic E-state index is 0.0314. The van der Waals surface area contributed by atoms with Crippen molar-refractivity contribution in [2.24, 2.45) is 0 Å². The number of benzene rings is 1. The molecular formula is C21H32IN3O9. The van der Waals surface area contributed by atoms with Crippen LogP contribution >= 0.6 is 22.6 Å². The molecule has 0 aliphatic heterocycles. The van der Waals surface area contributed by atoms with Crippen LogP contribution in [-0.2, 0) is 4.79 Å². The van der Waals surface area contributed by atoms with Crippen LogP contribution in [0.1, 0.15) is 38.8 Å². The lowest BCUT2D eigenvalue weighted by molar-refractivity contribution is -0.117. The summed E-state index contributed by atoms with van der Waals surface area (Å²) in [5.74, 6) is -1.86. The molecule has 8 N–H and O–H groups in total. The Morgan fingerprint density at radius 1 is 0.824 bits per heavy atom. The fourth-order valence-corrected chi connectivity index (χ4v) is 4.62. The average Bonchev–Trinajstić information content (AvgIpc) is 2.79. The highest BCUT2D eigenvalue weighted by Crippen LogP contribution is 2.36. The monoisotopic (exact) mass is 597 g/mol. The second-order valence-electron chi connectivity index (χ2n) is 7.72. The van der Waals surface area contributed by atoms with Crippen molar-refractivity contribution in [1.82, 2.24) is 10.6 Å². The van der Waals surface area contributed by atoms with E-state index in [0.29, 0.717) is 5.56 Å². The van der Waals surface area contributed by atoms with E-state index >= 15 is 0 Å². The zero-order valence-corrected chi connectivity index (χ0v) is 21.4. The smallest absolute Gasteiger partial charge is 0.252 e. The lowest BCUT2D eigenvalue weighted by Crippen LogP contribution is -2.41. The van der Waals surface area contributed by atoms with Gasteiger partial charge in [-0.3, -0.25) is 14.4 Å². The van der Waals surface area contributed by atoms with Crippen molar-refractivity contribution < 1.29 is 45.0 Å². The van der Waals surface area contributed by atoms with Crippen molar-refractivity contribution >= 4 is 46.0 Å². The number of aliphatic hydroxyl groups is 6. The Balaban J connectivity index is 3.73.